The number of imide groups is 2. The number of urea groups is 1. The van der Waals surface area contributed by atoms with Crippen LogP contribution in [0.25, 0.3) is 0 Å². The molecule has 7 nitrogen and oxygen atoms in total. The Hall–Kier alpha value is -2.18. The Morgan fingerprint density at radius 2 is 1.85 bits per heavy atom. The number of rotatable bonds is 5. The number of hydrogen-bond acceptors (Lipinski definition) is 4. The van der Waals surface area contributed by atoms with Gasteiger partial charge in [0.05, 0.1) is 5.41 Å². The maximum absolute atomic E-state index is 12.7. The van der Waals surface area contributed by atoms with Gasteiger partial charge in [0, 0.05) is 13.0 Å². The molecule has 3 aliphatic rings. The minimum Gasteiger partial charge on any atom is -0.337 e. The molecule has 0 atom stereocenters. The standard InChI is InChI=1S/C20H29N3O4/c24-16(22-19(27)21-12-9-15-7-3-1-4-8-15)14-23-17(25)13-20(18(23)26)10-5-2-6-11-20/h7H,1-6,8-14H2,(H2,21,22,24,27). The minimum atomic E-state index is -0.626. The number of likely N-dealkylation sites (tertiary alicyclic amines) is 1. The lowest BCUT2D eigenvalue weighted by Gasteiger charge is -2.30. The zero-order valence-corrected chi connectivity index (χ0v) is 15.8. The molecule has 2 aliphatic carbocycles. The third-order valence-electron chi connectivity index (χ3n) is 5.97. The Morgan fingerprint density at radius 1 is 1.07 bits per heavy atom. The molecule has 0 radical (unpaired) electrons. The van der Waals surface area contributed by atoms with E-state index in [9.17, 15) is 19.2 Å². The maximum Gasteiger partial charge on any atom is 0.321 e. The van der Waals surface area contributed by atoms with Crippen LogP contribution >= 0.6 is 0 Å². The third kappa shape index (κ3) is 4.76. The number of carbonyl (C=O) groups excluding carboxylic acids is 4. The molecule has 0 aromatic rings. The zero-order valence-electron chi connectivity index (χ0n) is 15.8. The van der Waals surface area contributed by atoms with Crippen molar-refractivity contribution in [2.24, 2.45) is 5.41 Å². The molecule has 1 heterocycles. The Kier molecular flexibility index (Phi) is 6.29. The summed E-state index contributed by atoms with van der Waals surface area (Å²) in [5.41, 5.74) is 0.741. The Labute approximate surface area is 159 Å². The van der Waals surface area contributed by atoms with E-state index in [4.69, 9.17) is 0 Å². The van der Waals surface area contributed by atoms with E-state index in [1.807, 2.05) is 0 Å². The van der Waals surface area contributed by atoms with Gasteiger partial charge in [-0.05, 0) is 44.9 Å². The van der Waals surface area contributed by atoms with Crippen molar-refractivity contribution in [2.45, 2.75) is 70.6 Å². The van der Waals surface area contributed by atoms with Gasteiger partial charge in [0.25, 0.3) is 0 Å². The Balaban J connectivity index is 1.43. The normalized spacial score (nSPS) is 21.9. The van der Waals surface area contributed by atoms with Crippen LogP contribution in [0.15, 0.2) is 11.6 Å². The van der Waals surface area contributed by atoms with E-state index in [1.165, 1.54) is 18.4 Å². The molecule has 3 rings (SSSR count). The zero-order chi connectivity index (χ0) is 19.3. The van der Waals surface area contributed by atoms with Gasteiger partial charge in [0.2, 0.25) is 17.7 Å². The van der Waals surface area contributed by atoms with Crippen LogP contribution < -0.4 is 10.6 Å². The second-order valence-corrected chi connectivity index (χ2v) is 7.97. The monoisotopic (exact) mass is 375 g/mol. The summed E-state index contributed by atoms with van der Waals surface area (Å²) >= 11 is 0. The number of nitrogens with zero attached hydrogens (tertiary/aromatic N) is 1. The molecule has 2 N–H and O–H groups in total. The number of allylic oxidation sites excluding steroid dienone is 1. The van der Waals surface area contributed by atoms with Crippen molar-refractivity contribution in [3.63, 3.8) is 0 Å². The van der Waals surface area contributed by atoms with Crippen molar-refractivity contribution in [3.8, 4) is 0 Å². The first-order valence-electron chi connectivity index (χ1n) is 10.1. The first-order valence-corrected chi connectivity index (χ1v) is 10.1. The van der Waals surface area contributed by atoms with E-state index in [0.717, 1.165) is 43.4 Å². The van der Waals surface area contributed by atoms with Crippen molar-refractivity contribution in [2.75, 3.05) is 13.1 Å². The lowest BCUT2D eigenvalue weighted by atomic mass is 9.73. The van der Waals surface area contributed by atoms with Gasteiger partial charge in [-0.2, -0.15) is 0 Å². The molecule has 27 heavy (non-hydrogen) atoms. The number of hydrogen-bond donors (Lipinski definition) is 2. The van der Waals surface area contributed by atoms with E-state index < -0.39 is 17.4 Å². The highest BCUT2D eigenvalue weighted by molar-refractivity contribution is 6.09. The third-order valence-corrected chi connectivity index (χ3v) is 5.97. The van der Waals surface area contributed by atoms with E-state index in [-0.39, 0.29) is 24.8 Å². The molecule has 1 aliphatic heterocycles. The summed E-state index contributed by atoms with van der Waals surface area (Å²) in [4.78, 5) is 49.9. The molecule has 5 amide bonds. The van der Waals surface area contributed by atoms with Crippen LogP contribution in [-0.4, -0.2) is 41.7 Å². The highest BCUT2D eigenvalue weighted by Gasteiger charge is 2.51. The van der Waals surface area contributed by atoms with Crippen LogP contribution in [-0.2, 0) is 14.4 Å². The fraction of sp³-hybridized carbons (Fsp3) is 0.700. The average molecular weight is 375 g/mol. The van der Waals surface area contributed by atoms with Crippen LogP contribution in [0, 0.1) is 5.41 Å². The van der Waals surface area contributed by atoms with Gasteiger partial charge in [0.1, 0.15) is 6.54 Å². The predicted octanol–water partition coefficient (Wildman–Crippen LogP) is 2.41. The van der Waals surface area contributed by atoms with Crippen molar-refractivity contribution < 1.29 is 19.2 Å². The van der Waals surface area contributed by atoms with Gasteiger partial charge in [-0.3, -0.25) is 24.6 Å². The van der Waals surface area contributed by atoms with Gasteiger partial charge < -0.3 is 5.32 Å². The fourth-order valence-electron chi connectivity index (χ4n) is 4.46. The van der Waals surface area contributed by atoms with Gasteiger partial charge in [0.15, 0.2) is 0 Å². The molecule has 148 valence electrons. The molecule has 1 saturated carbocycles. The highest BCUT2D eigenvalue weighted by atomic mass is 16.2. The topological polar surface area (TPSA) is 95.6 Å². The van der Waals surface area contributed by atoms with E-state index in [2.05, 4.69) is 16.7 Å². The molecule has 7 heteroatoms. The second-order valence-electron chi connectivity index (χ2n) is 7.97. The van der Waals surface area contributed by atoms with E-state index in [0.29, 0.717) is 19.4 Å². The first-order chi connectivity index (χ1) is 13.0. The molecule has 2 fully saturated rings. The molecular weight excluding hydrogens is 346 g/mol. The highest BCUT2D eigenvalue weighted by Crippen LogP contribution is 2.45. The van der Waals surface area contributed by atoms with Crippen molar-refractivity contribution >= 4 is 23.8 Å². The lowest BCUT2D eigenvalue weighted by molar-refractivity contribution is -0.145. The van der Waals surface area contributed by atoms with Gasteiger partial charge in [-0.25, -0.2) is 4.79 Å². The van der Waals surface area contributed by atoms with E-state index in [1.54, 1.807) is 0 Å². The van der Waals surface area contributed by atoms with Crippen molar-refractivity contribution in [1.29, 1.82) is 0 Å². The van der Waals surface area contributed by atoms with Crippen LogP contribution in [0.3, 0.4) is 0 Å². The Morgan fingerprint density at radius 3 is 2.56 bits per heavy atom. The largest absolute Gasteiger partial charge is 0.337 e. The van der Waals surface area contributed by atoms with Gasteiger partial charge in [-0.15, -0.1) is 0 Å². The van der Waals surface area contributed by atoms with Crippen LogP contribution in [0.5, 0.6) is 0 Å². The summed E-state index contributed by atoms with van der Waals surface area (Å²) in [5, 5.41) is 4.89. The molecule has 0 aromatic carbocycles. The molecule has 0 unspecified atom stereocenters. The second kappa shape index (κ2) is 8.67. The molecule has 0 aromatic heterocycles. The average Bonchev–Trinajstić information content (AvgIpc) is 2.87. The lowest BCUT2D eigenvalue weighted by Crippen LogP contribution is -2.47. The minimum absolute atomic E-state index is 0.195. The number of nitrogens with one attached hydrogen (secondary N) is 2. The van der Waals surface area contributed by atoms with Gasteiger partial charge in [-0.1, -0.05) is 30.9 Å². The molecule has 1 spiro atoms. The summed E-state index contributed by atoms with van der Waals surface area (Å²) in [6.07, 6.45) is 12.2. The quantitative estimate of drug-likeness (QED) is 0.570. The SMILES string of the molecule is O=C(CN1C(=O)CC2(CCCCC2)C1=O)NC(=O)NCCC1=CCCCC1. The summed E-state index contributed by atoms with van der Waals surface area (Å²) in [6, 6.07) is -0.581. The first kappa shape index (κ1) is 19.6. The summed E-state index contributed by atoms with van der Waals surface area (Å²) < 4.78 is 0. The number of carbonyl (C=O) groups is 4. The smallest absolute Gasteiger partial charge is 0.321 e. The van der Waals surface area contributed by atoms with Crippen LogP contribution in [0.4, 0.5) is 4.79 Å². The van der Waals surface area contributed by atoms with Crippen LogP contribution in [0.1, 0.15) is 70.6 Å². The summed E-state index contributed by atoms with van der Waals surface area (Å²) in [6.45, 7) is 0.0909. The molecule has 1 saturated heterocycles. The van der Waals surface area contributed by atoms with Crippen molar-refractivity contribution in [3.05, 3.63) is 11.6 Å². The Bertz CT molecular complexity index is 650. The van der Waals surface area contributed by atoms with Gasteiger partial charge >= 0.3 is 6.03 Å². The fourth-order valence-corrected chi connectivity index (χ4v) is 4.46. The maximum atomic E-state index is 12.7. The predicted molar refractivity (Wildman–Crippen MR) is 99.6 cm³/mol. The number of amides is 5. The van der Waals surface area contributed by atoms with Crippen molar-refractivity contribution in [1.82, 2.24) is 15.5 Å². The molecular formula is C20H29N3O4. The molecule has 0 bridgehead atoms. The summed E-state index contributed by atoms with van der Waals surface area (Å²) in [7, 11) is 0. The summed E-state index contributed by atoms with van der Waals surface area (Å²) in [5.74, 6) is -1.17. The van der Waals surface area contributed by atoms with Crippen LogP contribution in [0.2, 0.25) is 0 Å². The van der Waals surface area contributed by atoms with E-state index >= 15 is 0 Å².